The van der Waals surface area contributed by atoms with Gasteiger partial charge < -0.3 is 4.74 Å². The average Bonchev–Trinajstić information content (AvgIpc) is 2.40. The number of nitrogens with zero attached hydrogens (tertiary/aromatic N) is 2. The normalized spacial score (nSPS) is 18.1. The molecule has 2 rings (SSSR count). The van der Waals surface area contributed by atoms with Gasteiger partial charge in [-0.15, -0.1) is 0 Å². The number of aromatic nitrogens is 1. The molecule has 1 fully saturated rings. The lowest BCUT2D eigenvalue weighted by Gasteiger charge is -2.19. The van der Waals surface area contributed by atoms with E-state index in [0.29, 0.717) is 12.6 Å². The van der Waals surface area contributed by atoms with E-state index in [1.165, 1.54) is 32.1 Å². The van der Waals surface area contributed by atoms with E-state index in [1.807, 2.05) is 25.3 Å². The third kappa shape index (κ3) is 3.55. The van der Waals surface area contributed by atoms with Crippen LogP contribution in [0.5, 0.6) is 0 Å². The molecule has 1 aromatic heterocycles. The van der Waals surface area contributed by atoms with Crippen LogP contribution < -0.4 is 0 Å². The minimum absolute atomic E-state index is 0.436. The Hall–Kier alpha value is -1.38. The van der Waals surface area contributed by atoms with Gasteiger partial charge in [-0.25, -0.2) is 4.99 Å². The van der Waals surface area contributed by atoms with E-state index in [0.717, 1.165) is 11.5 Å². The first-order valence-corrected chi connectivity index (χ1v) is 6.51. The Morgan fingerprint density at radius 2 is 2.24 bits per heavy atom. The summed E-state index contributed by atoms with van der Waals surface area (Å²) in [6.45, 7) is 2.65. The maximum absolute atomic E-state index is 5.64. The largest absolute Gasteiger partial charge is 0.478 e. The molecular formula is C14H20N2O. The molecule has 0 unspecified atom stereocenters. The quantitative estimate of drug-likeness (QED) is 0.592. The molecule has 1 saturated carbocycles. The van der Waals surface area contributed by atoms with Crippen LogP contribution in [0.25, 0.3) is 0 Å². The van der Waals surface area contributed by atoms with Gasteiger partial charge in [0.05, 0.1) is 18.2 Å². The van der Waals surface area contributed by atoms with Crippen LogP contribution in [0.4, 0.5) is 0 Å². The van der Waals surface area contributed by atoms with Crippen molar-refractivity contribution in [1.29, 1.82) is 0 Å². The first-order valence-electron chi connectivity index (χ1n) is 6.51. The Bertz CT molecular complexity index is 356. The van der Waals surface area contributed by atoms with Gasteiger partial charge in [0.25, 0.3) is 0 Å². The fourth-order valence-corrected chi connectivity index (χ4v) is 2.20. The van der Waals surface area contributed by atoms with Gasteiger partial charge in [0.2, 0.25) is 5.90 Å². The Morgan fingerprint density at radius 3 is 2.88 bits per heavy atom. The fourth-order valence-electron chi connectivity index (χ4n) is 2.20. The minimum Gasteiger partial charge on any atom is -0.478 e. The topological polar surface area (TPSA) is 34.5 Å². The zero-order chi connectivity index (χ0) is 11.9. The van der Waals surface area contributed by atoms with Gasteiger partial charge >= 0.3 is 0 Å². The molecule has 0 spiro atoms. The molecule has 0 radical (unpaired) electrons. The highest BCUT2D eigenvalue weighted by molar-refractivity contribution is 5.93. The zero-order valence-corrected chi connectivity index (χ0v) is 10.4. The molecule has 0 amide bonds. The highest BCUT2D eigenvalue weighted by Crippen LogP contribution is 2.21. The molecule has 1 aromatic rings. The van der Waals surface area contributed by atoms with Crippen LogP contribution in [0.2, 0.25) is 0 Å². The standard InChI is InChI=1S/C14H20N2O/c1-2-17-14(12-7-6-10-15-11-12)16-13-8-4-3-5-9-13/h6-7,10-11,13H,2-5,8-9H2,1H3. The SMILES string of the molecule is CCOC(=NC1CCCCC1)c1cccnc1. The van der Waals surface area contributed by atoms with Crippen molar-refractivity contribution in [3.8, 4) is 0 Å². The van der Waals surface area contributed by atoms with Crippen molar-refractivity contribution in [2.45, 2.75) is 45.1 Å². The van der Waals surface area contributed by atoms with Crippen molar-refractivity contribution in [3.05, 3.63) is 30.1 Å². The number of rotatable bonds is 3. The van der Waals surface area contributed by atoms with E-state index >= 15 is 0 Å². The summed E-state index contributed by atoms with van der Waals surface area (Å²) in [7, 11) is 0. The summed E-state index contributed by atoms with van der Waals surface area (Å²) in [4.78, 5) is 8.87. The van der Waals surface area contributed by atoms with E-state index < -0.39 is 0 Å². The lowest BCUT2D eigenvalue weighted by atomic mass is 9.96. The average molecular weight is 232 g/mol. The molecule has 0 aromatic carbocycles. The molecule has 92 valence electrons. The van der Waals surface area contributed by atoms with Crippen molar-refractivity contribution in [3.63, 3.8) is 0 Å². The minimum atomic E-state index is 0.436. The molecule has 3 nitrogen and oxygen atoms in total. The van der Waals surface area contributed by atoms with Crippen LogP contribution >= 0.6 is 0 Å². The van der Waals surface area contributed by atoms with Crippen LogP contribution in [-0.2, 0) is 4.74 Å². The van der Waals surface area contributed by atoms with Crippen LogP contribution in [0.3, 0.4) is 0 Å². The van der Waals surface area contributed by atoms with Crippen molar-refractivity contribution in [2.75, 3.05) is 6.61 Å². The lowest BCUT2D eigenvalue weighted by molar-refractivity contribution is 0.320. The third-order valence-corrected chi connectivity index (χ3v) is 3.06. The predicted octanol–water partition coefficient (Wildman–Crippen LogP) is 3.20. The van der Waals surface area contributed by atoms with E-state index in [9.17, 15) is 0 Å². The molecule has 1 aliphatic rings. The van der Waals surface area contributed by atoms with Crippen molar-refractivity contribution >= 4 is 5.90 Å². The molecular weight excluding hydrogens is 212 g/mol. The zero-order valence-electron chi connectivity index (χ0n) is 10.4. The van der Waals surface area contributed by atoms with Crippen LogP contribution in [0.1, 0.15) is 44.6 Å². The van der Waals surface area contributed by atoms with E-state index in [1.54, 1.807) is 6.20 Å². The molecule has 0 aliphatic heterocycles. The Balaban J connectivity index is 2.13. The first kappa shape index (κ1) is 12.1. The molecule has 0 N–H and O–H groups in total. The molecule has 3 heteroatoms. The van der Waals surface area contributed by atoms with Crippen LogP contribution in [-0.4, -0.2) is 23.5 Å². The van der Waals surface area contributed by atoms with Gasteiger partial charge in [0.1, 0.15) is 0 Å². The summed E-state index contributed by atoms with van der Waals surface area (Å²) in [5.41, 5.74) is 0.986. The summed E-state index contributed by atoms with van der Waals surface area (Å²) in [6.07, 6.45) is 9.91. The summed E-state index contributed by atoms with van der Waals surface area (Å²) >= 11 is 0. The summed E-state index contributed by atoms with van der Waals surface area (Å²) in [5.74, 6) is 0.757. The second kappa shape index (κ2) is 6.38. The molecule has 1 aliphatic carbocycles. The first-order chi connectivity index (χ1) is 8.40. The molecule has 1 heterocycles. The van der Waals surface area contributed by atoms with Gasteiger partial charge in [0.15, 0.2) is 0 Å². The second-order valence-electron chi connectivity index (χ2n) is 4.40. The van der Waals surface area contributed by atoms with E-state index in [-0.39, 0.29) is 0 Å². The van der Waals surface area contributed by atoms with Gasteiger partial charge in [-0.3, -0.25) is 4.98 Å². The van der Waals surface area contributed by atoms with Gasteiger partial charge in [-0.2, -0.15) is 0 Å². The predicted molar refractivity (Wildman–Crippen MR) is 69.3 cm³/mol. The monoisotopic (exact) mass is 232 g/mol. The molecule has 17 heavy (non-hydrogen) atoms. The van der Waals surface area contributed by atoms with Gasteiger partial charge in [-0.05, 0) is 31.9 Å². The number of hydrogen-bond donors (Lipinski definition) is 0. The number of ether oxygens (including phenoxy) is 1. The fraction of sp³-hybridized carbons (Fsp3) is 0.571. The Morgan fingerprint density at radius 1 is 1.41 bits per heavy atom. The number of hydrogen-bond acceptors (Lipinski definition) is 3. The van der Waals surface area contributed by atoms with Crippen LogP contribution in [0, 0.1) is 0 Å². The maximum atomic E-state index is 5.64. The van der Waals surface area contributed by atoms with Crippen molar-refractivity contribution in [1.82, 2.24) is 4.98 Å². The Kier molecular flexibility index (Phi) is 4.54. The van der Waals surface area contributed by atoms with Crippen LogP contribution in [0.15, 0.2) is 29.5 Å². The van der Waals surface area contributed by atoms with Crippen molar-refractivity contribution in [2.24, 2.45) is 4.99 Å². The smallest absolute Gasteiger partial charge is 0.217 e. The lowest BCUT2D eigenvalue weighted by Crippen LogP contribution is -2.16. The molecule has 0 atom stereocenters. The summed E-state index contributed by atoms with van der Waals surface area (Å²) in [5, 5.41) is 0. The third-order valence-electron chi connectivity index (χ3n) is 3.06. The van der Waals surface area contributed by atoms with E-state index in [2.05, 4.69) is 4.98 Å². The number of pyridine rings is 1. The summed E-state index contributed by atoms with van der Waals surface area (Å²) in [6, 6.07) is 4.36. The highest BCUT2D eigenvalue weighted by atomic mass is 16.5. The van der Waals surface area contributed by atoms with Gasteiger partial charge in [0, 0.05) is 12.4 Å². The Labute approximate surface area is 103 Å². The molecule has 0 bridgehead atoms. The van der Waals surface area contributed by atoms with Gasteiger partial charge in [-0.1, -0.05) is 19.3 Å². The highest BCUT2D eigenvalue weighted by Gasteiger charge is 2.14. The molecule has 0 saturated heterocycles. The maximum Gasteiger partial charge on any atom is 0.217 e. The van der Waals surface area contributed by atoms with E-state index in [4.69, 9.17) is 9.73 Å². The van der Waals surface area contributed by atoms with Crippen molar-refractivity contribution < 1.29 is 4.74 Å². The summed E-state index contributed by atoms with van der Waals surface area (Å²) < 4.78 is 5.64. The number of aliphatic imine (C=N–C) groups is 1. The second-order valence-corrected chi connectivity index (χ2v) is 4.40.